The highest BCUT2D eigenvalue weighted by molar-refractivity contribution is 6.12. The van der Waals surface area contributed by atoms with E-state index in [4.69, 9.17) is 9.47 Å². The van der Waals surface area contributed by atoms with E-state index in [0.717, 1.165) is 6.07 Å². The summed E-state index contributed by atoms with van der Waals surface area (Å²) in [5.74, 6) is -2.50. The molecule has 0 atom stereocenters. The zero-order chi connectivity index (χ0) is 14.7. The summed E-state index contributed by atoms with van der Waals surface area (Å²) in [7, 11) is 2.76. The van der Waals surface area contributed by atoms with Crippen LogP contribution in [0.15, 0.2) is 36.4 Å². The van der Waals surface area contributed by atoms with Crippen molar-refractivity contribution in [3.63, 3.8) is 0 Å². The van der Waals surface area contributed by atoms with E-state index in [9.17, 15) is 13.6 Å². The molecular formula is C15H12F2O3. The van der Waals surface area contributed by atoms with Gasteiger partial charge in [0, 0.05) is 0 Å². The van der Waals surface area contributed by atoms with Crippen LogP contribution in [0.1, 0.15) is 15.9 Å². The van der Waals surface area contributed by atoms with Crippen LogP contribution in [-0.4, -0.2) is 20.0 Å². The van der Waals surface area contributed by atoms with Gasteiger partial charge < -0.3 is 9.47 Å². The minimum Gasteiger partial charge on any atom is -0.496 e. The van der Waals surface area contributed by atoms with Crippen LogP contribution < -0.4 is 9.47 Å². The number of carbonyl (C=O) groups excluding carboxylic acids is 1. The maximum Gasteiger partial charge on any atom is 0.203 e. The summed E-state index contributed by atoms with van der Waals surface area (Å²) in [4.78, 5) is 12.4. The molecule has 5 heteroatoms. The van der Waals surface area contributed by atoms with E-state index in [1.54, 1.807) is 18.2 Å². The molecule has 20 heavy (non-hydrogen) atoms. The van der Waals surface area contributed by atoms with Crippen LogP contribution in [0.3, 0.4) is 0 Å². The molecule has 0 saturated carbocycles. The SMILES string of the molecule is COc1cccc(OC)c1C(=O)c1cccc(F)c1F. The number of ether oxygens (including phenoxy) is 2. The van der Waals surface area contributed by atoms with Gasteiger partial charge in [0.25, 0.3) is 0 Å². The van der Waals surface area contributed by atoms with Crippen molar-refractivity contribution >= 4 is 5.78 Å². The minimum absolute atomic E-state index is 0.0574. The van der Waals surface area contributed by atoms with Crippen molar-refractivity contribution in [1.82, 2.24) is 0 Å². The van der Waals surface area contributed by atoms with Crippen LogP contribution in [0.25, 0.3) is 0 Å². The second-order valence-corrected chi connectivity index (χ2v) is 3.97. The van der Waals surface area contributed by atoms with Crippen LogP contribution in [0.2, 0.25) is 0 Å². The lowest BCUT2D eigenvalue weighted by molar-refractivity contribution is 0.102. The summed E-state index contributed by atoms with van der Waals surface area (Å²) in [5, 5.41) is 0. The first kappa shape index (κ1) is 14.0. The highest BCUT2D eigenvalue weighted by Crippen LogP contribution is 2.31. The van der Waals surface area contributed by atoms with Gasteiger partial charge in [-0.25, -0.2) is 8.78 Å². The minimum atomic E-state index is -1.19. The van der Waals surface area contributed by atoms with Crippen LogP contribution in [-0.2, 0) is 0 Å². The predicted molar refractivity (Wildman–Crippen MR) is 69.3 cm³/mol. The Morgan fingerprint density at radius 3 is 2.05 bits per heavy atom. The van der Waals surface area contributed by atoms with Gasteiger partial charge in [-0.1, -0.05) is 12.1 Å². The Labute approximate surface area is 114 Å². The van der Waals surface area contributed by atoms with Crippen molar-refractivity contribution in [3.05, 3.63) is 59.2 Å². The summed E-state index contributed by atoms with van der Waals surface area (Å²) >= 11 is 0. The summed E-state index contributed by atoms with van der Waals surface area (Å²) in [5.41, 5.74) is -0.310. The lowest BCUT2D eigenvalue weighted by atomic mass is 10.0. The Kier molecular flexibility index (Phi) is 3.98. The second kappa shape index (κ2) is 5.69. The summed E-state index contributed by atoms with van der Waals surface area (Å²) in [6.07, 6.45) is 0. The van der Waals surface area contributed by atoms with Gasteiger partial charge in [0.1, 0.15) is 17.1 Å². The molecule has 0 amide bonds. The Morgan fingerprint density at radius 2 is 1.50 bits per heavy atom. The van der Waals surface area contributed by atoms with E-state index in [2.05, 4.69) is 0 Å². The third-order valence-corrected chi connectivity index (χ3v) is 2.85. The van der Waals surface area contributed by atoms with Crippen LogP contribution in [0, 0.1) is 11.6 Å². The van der Waals surface area contributed by atoms with Gasteiger partial charge in [-0.2, -0.15) is 0 Å². The molecule has 0 saturated heterocycles. The fourth-order valence-corrected chi connectivity index (χ4v) is 1.89. The average molecular weight is 278 g/mol. The van der Waals surface area contributed by atoms with Gasteiger partial charge in [-0.05, 0) is 24.3 Å². The lowest BCUT2D eigenvalue weighted by Crippen LogP contribution is -2.09. The molecule has 0 fully saturated rings. The van der Waals surface area contributed by atoms with E-state index >= 15 is 0 Å². The number of rotatable bonds is 4. The van der Waals surface area contributed by atoms with Gasteiger partial charge in [0.05, 0.1) is 19.8 Å². The molecule has 0 heterocycles. The zero-order valence-electron chi connectivity index (χ0n) is 10.9. The van der Waals surface area contributed by atoms with Gasteiger partial charge in [0.15, 0.2) is 11.6 Å². The third kappa shape index (κ3) is 2.34. The van der Waals surface area contributed by atoms with E-state index in [-0.39, 0.29) is 22.6 Å². The van der Waals surface area contributed by atoms with E-state index in [1.807, 2.05) is 0 Å². The Balaban J connectivity index is 2.61. The van der Waals surface area contributed by atoms with Crippen molar-refractivity contribution in [1.29, 1.82) is 0 Å². The standard InChI is InChI=1S/C15H12F2O3/c1-19-11-7-4-8-12(20-2)13(11)15(18)9-5-3-6-10(16)14(9)17/h3-8H,1-2H3. The molecule has 0 aliphatic carbocycles. The van der Waals surface area contributed by atoms with Crippen molar-refractivity contribution in [3.8, 4) is 11.5 Å². The maximum absolute atomic E-state index is 13.7. The molecule has 0 spiro atoms. The number of hydrogen-bond donors (Lipinski definition) is 0. The topological polar surface area (TPSA) is 35.5 Å². The number of hydrogen-bond acceptors (Lipinski definition) is 3. The third-order valence-electron chi connectivity index (χ3n) is 2.85. The largest absolute Gasteiger partial charge is 0.496 e. The van der Waals surface area contributed by atoms with Gasteiger partial charge in [0.2, 0.25) is 5.78 Å². The molecule has 0 aliphatic rings. The first-order chi connectivity index (χ1) is 9.60. The Bertz CT molecular complexity index is 631. The maximum atomic E-state index is 13.7. The number of benzene rings is 2. The number of carbonyl (C=O) groups is 1. The molecule has 0 N–H and O–H groups in total. The van der Waals surface area contributed by atoms with Crippen LogP contribution in [0.4, 0.5) is 8.78 Å². The summed E-state index contributed by atoms with van der Waals surface area (Å²) in [6.45, 7) is 0. The summed E-state index contributed by atoms with van der Waals surface area (Å²) < 4.78 is 37.1. The fraction of sp³-hybridized carbons (Fsp3) is 0.133. The van der Waals surface area contributed by atoms with Gasteiger partial charge in [-0.15, -0.1) is 0 Å². The van der Waals surface area contributed by atoms with E-state index in [0.29, 0.717) is 0 Å². The molecule has 0 radical (unpaired) electrons. The lowest BCUT2D eigenvalue weighted by Gasteiger charge is -2.12. The molecule has 0 unspecified atom stereocenters. The quantitative estimate of drug-likeness (QED) is 0.806. The molecule has 2 aromatic carbocycles. The number of ketones is 1. The van der Waals surface area contributed by atoms with E-state index in [1.165, 1.54) is 26.4 Å². The van der Waals surface area contributed by atoms with Crippen molar-refractivity contribution in [2.75, 3.05) is 14.2 Å². The molecule has 2 aromatic rings. The van der Waals surface area contributed by atoms with Crippen LogP contribution in [0.5, 0.6) is 11.5 Å². The molecule has 0 aromatic heterocycles. The number of methoxy groups -OCH3 is 2. The van der Waals surface area contributed by atoms with E-state index < -0.39 is 17.4 Å². The molecule has 0 aliphatic heterocycles. The summed E-state index contributed by atoms with van der Waals surface area (Å²) in [6, 6.07) is 8.17. The van der Waals surface area contributed by atoms with Crippen molar-refractivity contribution in [2.45, 2.75) is 0 Å². The first-order valence-corrected chi connectivity index (χ1v) is 5.79. The second-order valence-electron chi connectivity index (χ2n) is 3.97. The van der Waals surface area contributed by atoms with Crippen LogP contribution >= 0.6 is 0 Å². The van der Waals surface area contributed by atoms with Gasteiger partial charge in [-0.3, -0.25) is 4.79 Å². The zero-order valence-corrected chi connectivity index (χ0v) is 10.9. The van der Waals surface area contributed by atoms with Crippen molar-refractivity contribution < 1.29 is 23.0 Å². The normalized spacial score (nSPS) is 10.2. The molecular weight excluding hydrogens is 266 g/mol. The van der Waals surface area contributed by atoms with Crippen molar-refractivity contribution in [2.24, 2.45) is 0 Å². The Morgan fingerprint density at radius 1 is 0.950 bits per heavy atom. The highest BCUT2D eigenvalue weighted by atomic mass is 19.2. The molecule has 104 valence electrons. The number of halogens is 2. The molecule has 2 rings (SSSR count). The average Bonchev–Trinajstić information content (AvgIpc) is 2.48. The predicted octanol–water partition coefficient (Wildman–Crippen LogP) is 3.21. The first-order valence-electron chi connectivity index (χ1n) is 5.79. The smallest absolute Gasteiger partial charge is 0.203 e. The highest BCUT2D eigenvalue weighted by Gasteiger charge is 2.23. The monoisotopic (exact) mass is 278 g/mol. The Hall–Kier alpha value is -2.43. The molecule has 0 bridgehead atoms. The molecule has 3 nitrogen and oxygen atoms in total. The van der Waals surface area contributed by atoms with Gasteiger partial charge >= 0.3 is 0 Å². The fourth-order valence-electron chi connectivity index (χ4n) is 1.89.